The Morgan fingerprint density at radius 1 is 1.47 bits per heavy atom. The van der Waals surface area contributed by atoms with Crippen LogP contribution in [0.1, 0.15) is 10.5 Å². The van der Waals surface area contributed by atoms with Crippen molar-refractivity contribution in [1.82, 2.24) is 15.3 Å². The summed E-state index contributed by atoms with van der Waals surface area (Å²) in [6.45, 7) is -0.510. The van der Waals surface area contributed by atoms with Crippen molar-refractivity contribution in [3.8, 4) is 0 Å². The lowest BCUT2D eigenvalue weighted by atomic mass is 10.4. The van der Waals surface area contributed by atoms with Gasteiger partial charge in [0.1, 0.15) is 17.5 Å². The highest BCUT2D eigenvalue weighted by molar-refractivity contribution is 6.29. The van der Waals surface area contributed by atoms with Crippen molar-refractivity contribution in [1.29, 1.82) is 0 Å². The molecular weight excluding hydrogens is 256 g/mol. The van der Waals surface area contributed by atoms with Gasteiger partial charge in [0.25, 0.3) is 12.3 Å². The minimum atomic E-state index is -2.51. The highest BCUT2D eigenvalue weighted by atomic mass is 35.5. The second-order valence-corrected chi connectivity index (χ2v) is 3.33. The normalized spacial score (nSPS) is 10.6. The van der Waals surface area contributed by atoms with Crippen LogP contribution >= 0.6 is 11.6 Å². The molecule has 17 heavy (non-hydrogen) atoms. The van der Waals surface area contributed by atoms with Crippen LogP contribution in [-0.4, -0.2) is 42.1 Å². The summed E-state index contributed by atoms with van der Waals surface area (Å²) in [4.78, 5) is 18.8. The lowest BCUT2D eigenvalue weighted by Crippen LogP contribution is -2.28. The number of hydrogen-bond donors (Lipinski definition) is 1. The number of hydrogen-bond acceptors (Lipinski definition) is 4. The minimum absolute atomic E-state index is 0.0110. The molecule has 0 aliphatic carbocycles. The fourth-order valence-electron chi connectivity index (χ4n) is 0.929. The SMILES string of the molecule is O=C(NCCOCC(F)F)c1cnc(Cl)cn1. The molecule has 1 heterocycles. The molecule has 5 nitrogen and oxygen atoms in total. The van der Waals surface area contributed by atoms with Crippen molar-refractivity contribution in [3.63, 3.8) is 0 Å². The van der Waals surface area contributed by atoms with E-state index in [2.05, 4.69) is 20.0 Å². The summed E-state index contributed by atoms with van der Waals surface area (Å²) in [5, 5.41) is 2.62. The van der Waals surface area contributed by atoms with Crippen molar-refractivity contribution < 1.29 is 18.3 Å². The van der Waals surface area contributed by atoms with E-state index >= 15 is 0 Å². The zero-order valence-corrected chi connectivity index (χ0v) is 9.45. The van der Waals surface area contributed by atoms with Gasteiger partial charge in [-0.05, 0) is 0 Å². The Labute approximate surface area is 101 Å². The molecule has 0 aromatic carbocycles. The topological polar surface area (TPSA) is 64.1 Å². The second-order valence-electron chi connectivity index (χ2n) is 2.95. The average Bonchev–Trinajstić information content (AvgIpc) is 2.29. The maximum atomic E-state index is 11.7. The van der Waals surface area contributed by atoms with Gasteiger partial charge in [-0.25, -0.2) is 18.7 Å². The molecule has 1 aromatic rings. The Morgan fingerprint density at radius 2 is 2.24 bits per heavy atom. The Kier molecular flexibility index (Phi) is 5.71. The van der Waals surface area contributed by atoms with Crippen LogP contribution in [0, 0.1) is 0 Å². The third-order valence-corrected chi connectivity index (χ3v) is 1.82. The van der Waals surface area contributed by atoms with Gasteiger partial charge >= 0.3 is 0 Å². The Bertz CT molecular complexity index is 362. The molecule has 0 atom stereocenters. The first-order valence-electron chi connectivity index (χ1n) is 4.71. The summed E-state index contributed by atoms with van der Waals surface area (Å²) >= 11 is 5.50. The first kappa shape index (κ1) is 13.7. The summed E-state index contributed by atoms with van der Waals surface area (Å²) in [7, 11) is 0. The number of ether oxygens (including phenoxy) is 1. The minimum Gasteiger partial charge on any atom is -0.374 e. The smallest absolute Gasteiger partial charge is 0.271 e. The van der Waals surface area contributed by atoms with Gasteiger partial charge < -0.3 is 10.1 Å². The number of nitrogens with one attached hydrogen (secondary N) is 1. The highest BCUT2D eigenvalue weighted by Crippen LogP contribution is 2.00. The second kappa shape index (κ2) is 7.08. The molecule has 0 bridgehead atoms. The van der Waals surface area contributed by atoms with E-state index in [0.717, 1.165) is 0 Å². The van der Waals surface area contributed by atoms with Crippen molar-refractivity contribution >= 4 is 17.5 Å². The summed E-state index contributed by atoms with van der Waals surface area (Å²) in [6, 6.07) is 0. The van der Waals surface area contributed by atoms with Crippen molar-refractivity contribution in [2.45, 2.75) is 6.43 Å². The third-order valence-electron chi connectivity index (χ3n) is 1.63. The molecule has 1 amide bonds. The van der Waals surface area contributed by atoms with Crippen LogP contribution in [0.25, 0.3) is 0 Å². The number of carbonyl (C=O) groups excluding carboxylic acids is 1. The van der Waals surface area contributed by atoms with E-state index < -0.39 is 18.9 Å². The Hall–Kier alpha value is -1.34. The van der Waals surface area contributed by atoms with E-state index in [9.17, 15) is 13.6 Å². The van der Waals surface area contributed by atoms with E-state index in [1.54, 1.807) is 0 Å². The number of carbonyl (C=O) groups is 1. The van der Waals surface area contributed by atoms with Gasteiger partial charge in [0.2, 0.25) is 0 Å². The van der Waals surface area contributed by atoms with Gasteiger partial charge in [0.05, 0.1) is 19.0 Å². The standard InChI is InChI=1S/C9H10ClF2N3O2/c10-7-4-14-6(3-15-7)9(16)13-1-2-17-5-8(11)12/h3-4,8H,1-2,5H2,(H,13,16). The molecule has 0 radical (unpaired) electrons. The lowest BCUT2D eigenvalue weighted by Gasteiger charge is -2.05. The molecule has 8 heteroatoms. The van der Waals surface area contributed by atoms with Gasteiger partial charge in [0, 0.05) is 6.54 Å². The molecule has 94 valence electrons. The van der Waals surface area contributed by atoms with E-state index in [1.165, 1.54) is 12.4 Å². The van der Waals surface area contributed by atoms with E-state index in [0.29, 0.717) is 0 Å². The number of aromatic nitrogens is 2. The monoisotopic (exact) mass is 265 g/mol. The summed E-state index contributed by atoms with van der Waals surface area (Å²) in [6.07, 6.45) is -0.0469. The molecule has 0 aliphatic rings. The van der Waals surface area contributed by atoms with Crippen LogP contribution in [-0.2, 0) is 4.74 Å². The molecular formula is C9H10ClF2N3O2. The quantitative estimate of drug-likeness (QED) is 0.784. The average molecular weight is 266 g/mol. The molecule has 0 aliphatic heterocycles. The maximum absolute atomic E-state index is 11.7. The molecule has 0 fully saturated rings. The predicted octanol–water partition coefficient (Wildman–Crippen LogP) is 1.14. The van der Waals surface area contributed by atoms with Gasteiger partial charge in [-0.3, -0.25) is 4.79 Å². The Balaban J connectivity index is 2.23. The molecule has 0 spiro atoms. The third kappa shape index (κ3) is 5.50. The summed E-state index contributed by atoms with van der Waals surface area (Å²) in [5.41, 5.74) is 0.100. The van der Waals surface area contributed by atoms with Gasteiger partial charge in [0.15, 0.2) is 0 Å². The van der Waals surface area contributed by atoms with Gasteiger partial charge in [-0.15, -0.1) is 0 Å². The maximum Gasteiger partial charge on any atom is 0.271 e. The van der Waals surface area contributed by atoms with Crippen LogP contribution in [0.2, 0.25) is 5.15 Å². The van der Waals surface area contributed by atoms with Gasteiger partial charge in [-0.1, -0.05) is 11.6 Å². The molecule has 1 rings (SSSR count). The number of alkyl halides is 2. The van der Waals surface area contributed by atoms with E-state index in [1.807, 2.05) is 0 Å². The van der Waals surface area contributed by atoms with Crippen molar-refractivity contribution in [2.24, 2.45) is 0 Å². The molecule has 1 N–H and O–H groups in total. The fraction of sp³-hybridized carbons (Fsp3) is 0.444. The van der Waals surface area contributed by atoms with Crippen LogP contribution in [0.15, 0.2) is 12.4 Å². The number of nitrogens with zero attached hydrogens (tertiary/aromatic N) is 2. The first-order valence-corrected chi connectivity index (χ1v) is 5.09. The molecule has 0 unspecified atom stereocenters. The largest absolute Gasteiger partial charge is 0.374 e. The van der Waals surface area contributed by atoms with E-state index in [4.69, 9.17) is 11.6 Å². The van der Waals surface area contributed by atoms with Crippen LogP contribution in [0.5, 0.6) is 0 Å². The van der Waals surface area contributed by atoms with Gasteiger partial charge in [-0.2, -0.15) is 0 Å². The highest BCUT2D eigenvalue weighted by Gasteiger charge is 2.07. The van der Waals surface area contributed by atoms with Crippen LogP contribution in [0.4, 0.5) is 8.78 Å². The molecule has 0 saturated carbocycles. The zero-order valence-electron chi connectivity index (χ0n) is 8.70. The van der Waals surface area contributed by atoms with Crippen molar-refractivity contribution in [2.75, 3.05) is 19.8 Å². The summed E-state index contributed by atoms with van der Waals surface area (Å²) < 4.78 is 27.9. The predicted molar refractivity (Wildman–Crippen MR) is 56.2 cm³/mol. The zero-order chi connectivity index (χ0) is 12.7. The lowest BCUT2D eigenvalue weighted by molar-refractivity contribution is 0.0188. The Morgan fingerprint density at radius 3 is 2.82 bits per heavy atom. The van der Waals surface area contributed by atoms with E-state index in [-0.39, 0.29) is 24.0 Å². The molecule has 1 aromatic heterocycles. The number of rotatable bonds is 6. The van der Waals surface area contributed by atoms with Crippen molar-refractivity contribution in [3.05, 3.63) is 23.2 Å². The summed E-state index contributed by atoms with van der Waals surface area (Å²) in [5.74, 6) is -0.463. The fourth-order valence-corrected chi connectivity index (χ4v) is 1.03. The van der Waals surface area contributed by atoms with Crippen LogP contribution in [0.3, 0.4) is 0 Å². The number of halogens is 3. The van der Waals surface area contributed by atoms with Crippen LogP contribution < -0.4 is 5.32 Å². The first-order chi connectivity index (χ1) is 8.09. The number of amides is 1. The molecule has 0 saturated heterocycles.